The van der Waals surface area contributed by atoms with E-state index in [1.807, 2.05) is 6.92 Å². The summed E-state index contributed by atoms with van der Waals surface area (Å²) in [5.74, 6) is -4.97. The van der Waals surface area contributed by atoms with Gasteiger partial charge in [0.25, 0.3) is 0 Å². The van der Waals surface area contributed by atoms with Crippen LogP contribution in [0.1, 0.15) is 52.5 Å². The average molecular weight is 507 g/mol. The molecular weight excluding hydrogens is 468 g/mol. The van der Waals surface area contributed by atoms with E-state index < -0.39 is 53.8 Å². The minimum absolute atomic E-state index is 0.0964. The Hall–Kier alpha value is -3.47. The molecule has 36 heavy (non-hydrogen) atoms. The Labute approximate surface area is 211 Å². The number of nitrogens with one attached hydrogen (secondary N) is 3. The second kappa shape index (κ2) is 14.8. The fourth-order valence-corrected chi connectivity index (χ4v) is 3.46. The van der Waals surface area contributed by atoms with Crippen molar-refractivity contribution in [3.05, 3.63) is 35.9 Å². The van der Waals surface area contributed by atoms with Crippen LogP contribution in [0.5, 0.6) is 0 Å². The molecule has 0 aliphatic heterocycles. The third-order valence-electron chi connectivity index (χ3n) is 5.95. The van der Waals surface area contributed by atoms with Gasteiger partial charge in [0.15, 0.2) is 0 Å². The van der Waals surface area contributed by atoms with Gasteiger partial charge in [-0.1, -0.05) is 64.4 Å². The van der Waals surface area contributed by atoms with E-state index in [0.29, 0.717) is 6.42 Å². The van der Waals surface area contributed by atoms with Crippen LogP contribution in [0.25, 0.3) is 0 Å². The minimum atomic E-state index is -1.19. The summed E-state index contributed by atoms with van der Waals surface area (Å²) >= 11 is 0. The van der Waals surface area contributed by atoms with Crippen molar-refractivity contribution in [2.45, 2.75) is 77.5 Å². The fourth-order valence-electron chi connectivity index (χ4n) is 3.46. The van der Waals surface area contributed by atoms with Gasteiger partial charge in [-0.25, -0.2) is 4.79 Å². The molecule has 1 aromatic carbocycles. The number of nitrogens with two attached hydrogens (primary N) is 1. The minimum Gasteiger partial charge on any atom is -0.481 e. The van der Waals surface area contributed by atoms with Crippen molar-refractivity contribution in [3.8, 4) is 0 Å². The van der Waals surface area contributed by atoms with Gasteiger partial charge in [-0.05, 0) is 23.8 Å². The van der Waals surface area contributed by atoms with Gasteiger partial charge < -0.3 is 31.9 Å². The molecule has 11 heteroatoms. The summed E-state index contributed by atoms with van der Waals surface area (Å²) in [6.07, 6.45) is 0.227. The molecule has 0 radical (unpaired) electrons. The van der Waals surface area contributed by atoms with E-state index in [1.165, 1.54) is 0 Å². The summed E-state index contributed by atoms with van der Waals surface area (Å²) < 4.78 is 0. The Kier molecular flexibility index (Phi) is 12.6. The molecule has 0 fully saturated rings. The number of carbonyl (C=O) groups is 5. The molecule has 0 heterocycles. The van der Waals surface area contributed by atoms with Crippen LogP contribution in [-0.4, -0.2) is 64.0 Å². The molecule has 0 aromatic heterocycles. The summed E-state index contributed by atoms with van der Waals surface area (Å²) in [6, 6.07) is 4.50. The fraction of sp³-hybridized carbons (Fsp3) is 0.560. The highest BCUT2D eigenvalue weighted by Crippen LogP contribution is 2.11. The number of aliphatic carboxylic acids is 2. The standard InChI is InChI=1S/C25H38N4O7/c1-5-15(4)21(29-22(32)17(26)11-12-19(30)31)24(34)27-18(13-16-9-7-6-8-10-16)23(33)28-20(14(2)3)25(35)36/h6-10,14-15,17-18,20-21H,5,11-13,26H2,1-4H3,(H,27,34)(H,28,33)(H,29,32)(H,30,31)(H,35,36). The lowest BCUT2D eigenvalue weighted by atomic mass is 9.96. The van der Waals surface area contributed by atoms with Gasteiger partial charge in [-0.3, -0.25) is 19.2 Å². The normalized spacial score (nSPS) is 15.2. The third-order valence-corrected chi connectivity index (χ3v) is 5.95. The zero-order valence-corrected chi connectivity index (χ0v) is 21.2. The Bertz CT molecular complexity index is 907. The van der Waals surface area contributed by atoms with E-state index in [0.717, 1.165) is 5.56 Å². The van der Waals surface area contributed by atoms with Crippen molar-refractivity contribution in [2.24, 2.45) is 17.6 Å². The van der Waals surface area contributed by atoms with Gasteiger partial charge in [0, 0.05) is 12.8 Å². The molecule has 5 atom stereocenters. The zero-order chi connectivity index (χ0) is 27.4. The van der Waals surface area contributed by atoms with Gasteiger partial charge in [0.05, 0.1) is 6.04 Å². The van der Waals surface area contributed by atoms with Gasteiger partial charge in [0.1, 0.15) is 18.1 Å². The van der Waals surface area contributed by atoms with Crippen molar-refractivity contribution in [1.82, 2.24) is 16.0 Å². The first-order valence-electron chi connectivity index (χ1n) is 12.0. The number of amides is 3. The first kappa shape index (κ1) is 30.6. The number of benzene rings is 1. The SMILES string of the molecule is CCC(C)C(NC(=O)C(N)CCC(=O)O)C(=O)NC(Cc1ccccc1)C(=O)NC(C(=O)O)C(C)C. The molecule has 0 spiro atoms. The molecule has 7 N–H and O–H groups in total. The molecular formula is C25H38N4O7. The quantitative estimate of drug-likeness (QED) is 0.200. The number of hydrogen-bond donors (Lipinski definition) is 6. The highest BCUT2D eigenvalue weighted by molar-refractivity contribution is 5.94. The van der Waals surface area contributed by atoms with Crippen LogP contribution in [-0.2, 0) is 30.4 Å². The lowest BCUT2D eigenvalue weighted by Gasteiger charge is -2.28. The van der Waals surface area contributed by atoms with Gasteiger partial charge in [-0.2, -0.15) is 0 Å². The number of hydrogen-bond acceptors (Lipinski definition) is 6. The smallest absolute Gasteiger partial charge is 0.326 e. The van der Waals surface area contributed by atoms with Crippen LogP contribution in [0.4, 0.5) is 0 Å². The maximum Gasteiger partial charge on any atom is 0.326 e. The average Bonchev–Trinajstić information content (AvgIpc) is 2.83. The summed E-state index contributed by atoms with van der Waals surface area (Å²) in [7, 11) is 0. The number of carbonyl (C=O) groups excluding carboxylic acids is 3. The second-order valence-electron chi connectivity index (χ2n) is 9.23. The van der Waals surface area contributed by atoms with Crippen LogP contribution >= 0.6 is 0 Å². The maximum absolute atomic E-state index is 13.3. The molecule has 0 saturated heterocycles. The zero-order valence-electron chi connectivity index (χ0n) is 21.2. The van der Waals surface area contributed by atoms with Crippen molar-refractivity contribution in [2.75, 3.05) is 0 Å². The van der Waals surface area contributed by atoms with E-state index in [9.17, 15) is 29.1 Å². The molecule has 0 aliphatic rings. The molecule has 0 saturated carbocycles. The Morgan fingerprint density at radius 3 is 1.94 bits per heavy atom. The van der Waals surface area contributed by atoms with Crippen LogP contribution in [0.15, 0.2) is 30.3 Å². The van der Waals surface area contributed by atoms with E-state index in [1.54, 1.807) is 51.1 Å². The van der Waals surface area contributed by atoms with Crippen LogP contribution in [0, 0.1) is 11.8 Å². The van der Waals surface area contributed by atoms with Crippen LogP contribution in [0.2, 0.25) is 0 Å². The summed E-state index contributed by atoms with van der Waals surface area (Å²) in [5.41, 5.74) is 6.54. The Morgan fingerprint density at radius 2 is 1.44 bits per heavy atom. The molecule has 0 aliphatic carbocycles. The lowest BCUT2D eigenvalue weighted by molar-refractivity contribution is -0.143. The van der Waals surface area contributed by atoms with Crippen LogP contribution < -0.4 is 21.7 Å². The predicted molar refractivity (Wildman–Crippen MR) is 133 cm³/mol. The predicted octanol–water partition coefficient (Wildman–Crippen LogP) is 0.662. The van der Waals surface area contributed by atoms with Gasteiger partial charge >= 0.3 is 11.9 Å². The monoisotopic (exact) mass is 506 g/mol. The lowest BCUT2D eigenvalue weighted by Crippen LogP contribution is -2.59. The van der Waals surface area contributed by atoms with Crippen LogP contribution in [0.3, 0.4) is 0 Å². The maximum atomic E-state index is 13.3. The number of carboxylic acid groups (broad SMARTS) is 2. The second-order valence-corrected chi connectivity index (χ2v) is 9.23. The van der Waals surface area contributed by atoms with E-state index in [4.69, 9.17) is 10.8 Å². The number of rotatable bonds is 15. The van der Waals surface area contributed by atoms with Gasteiger partial charge in [-0.15, -0.1) is 0 Å². The Morgan fingerprint density at radius 1 is 0.861 bits per heavy atom. The van der Waals surface area contributed by atoms with E-state index in [2.05, 4.69) is 16.0 Å². The molecule has 1 rings (SSSR count). The third kappa shape index (κ3) is 10.0. The molecule has 0 bridgehead atoms. The van der Waals surface area contributed by atoms with Crippen molar-refractivity contribution in [3.63, 3.8) is 0 Å². The van der Waals surface area contributed by atoms with Crippen molar-refractivity contribution >= 4 is 29.7 Å². The molecule has 11 nitrogen and oxygen atoms in total. The Balaban J connectivity index is 3.12. The van der Waals surface area contributed by atoms with Crippen molar-refractivity contribution in [1.29, 1.82) is 0 Å². The molecule has 1 aromatic rings. The molecule has 200 valence electrons. The topological polar surface area (TPSA) is 188 Å². The largest absolute Gasteiger partial charge is 0.481 e. The molecule has 3 amide bonds. The molecule has 5 unspecified atom stereocenters. The first-order chi connectivity index (χ1) is 16.9. The first-order valence-corrected chi connectivity index (χ1v) is 12.0. The summed E-state index contributed by atoms with van der Waals surface area (Å²) in [6.45, 7) is 6.90. The highest BCUT2D eigenvalue weighted by Gasteiger charge is 2.33. The van der Waals surface area contributed by atoms with Gasteiger partial charge in [0.2, 0.25) is 17.7 Å². The highest BCUT2D eigenvalue weighted by atomic mass is 16.4. The van der Waals surface area contributed by atoms with Crippen molar-refractivity contribution < 1.29 is 34.2 Å². The van der Waals surface area contributed by atoms with E-state index >= 15 is 0 Å². The van der Waals surface area contributed by atoms with E-state index in [-0.39, 0.29) is 31.1 Å². The summed E-state index contributed by atoms with van der Waals surface area (Å²) in [5, 5.41) is 26.0. The summed E-state index contributed by atoms with van der Waals surface area (Å²) in [4.78, 5) is 61.3. The number of carboxylic acids is 2.